The Morgan fingerprint density at radius 2 is 1.68 bits per heavy atom. The molecule has 0 saturated heterocycles. The number of rotatable bonds is 4. The first-order valence-electron chi connectivity index (χ1n) is 11.8. The van der Waals surface area contributed by atoms with Gasteiger partial charge in [-0.25, -0.2) is 5.01 Å². The summed E-state index contributed by atoms with van der Waals surface area (Å²) >= 11 is 18.6. The van der Waals surface area contributed by atoms with Crippen LogP contribution in [0.3, 0.4) is 0 Å². The number of halogens is 3. The first-order chi connectivity index (χ1) is 17.7. The highest BCUT2D eigenvalue weighted by molar-refractivity contribution is 6.34. The largest absolute Gasteiger partial charge is 0.276 e. The Morgan fingerprint density at radius 3 is 2.32 bits per heavy atom. The van der Waals surface area contributed by atoms with Crippen molar-refractivity contribution in [3.05, 3.63) is 114 Å². The predicted octanol–water partition coefficient (Wildman–Crippen LogP) is 8.24. The van der Waals surface area contributed by atoms with E-state index < -0.39 is 16.9 Å². The molecule has 1 aliphatic carbocycles. The number of non-ortho nitro benzene ring substituents is 1. The van der Waals surface area contributed by atoms with Gasteiger partial charge in [0.25, 0.3) is 11.6 Å². The summed E-state index contributed by atoms with van der Waals surface area (Å²) < 4.78 is 0. The van der Waals surface area contributed by atoms with E-state index in [2.05, 4.69) is 13.0 Å². The molecule has 5 rings (SSSR count). The summed E-state index contributed by atoms with van der Waals surface area (Å²) in [5.74, 6) is -0.201. The lowest BCUT2D eigenvalue weighted by Crippen LogP contribution is -2.33. The van der Waals surface area contributed by atoms with E-state index in [0.29, 0.717) is 16.0 Å². The maximum atomic E-state index is 13.9. The zero-order chi connectivity index (χ0) is 26.3. The molecule has 0 spiro atoms. The lowest BCUT2D eigenvalue weighted by molar-refractivity contribution is -0.384. The fourth-order valence-corrected chi connectivity index (χ4v) is 5.57. The quantitative estimate of drug-likeness (QED) is 0.241. The van der Waals surface area contributed by atoms with Crippen LogP contribution in [0.2, 0.25) is 15.1 Å². The second kappa shape index (κ2) is 10.3. The number of allylic oxidation sites excluding steroid dienone is 1. The molecule has 1 heterocycles. The van der Waals surface area contributed by atoms with Gasteiger partial charge in [-0.3, -0.25) is 14.9 Å². The van der Waals surface area contributed by atoms with Gasteiger partial charge in [0, 0.05) is 28.1 Å². The zero-order valence-electron chi connectivity index (χ0n) is 19.8. The Hall–Kier alpha value is -3.19. The van der Waals surface area contributed by atoms with E-state index in [1.807, 2.05) is 36.4 Å². The highest BCUT2D eigenvalue weighted by Crippen LogP contribution is 2.47. The van der Waals surface area contributed by atoms with Crippen LogP contribution in [-0.2, 0) is 0 Å². The molecule has 0 aromatic heterocycles. The average molecular weight is 555 g/mol. The molecule has 3 aromatic rings. The summed E-state index contributed by atoms with van der Waals surface area (Å²) in [5, 5.41) is 19.0. The van der Waals surface area contributed by atoms with Crippen molar-refractivity contribution >= 4 is 58.2 Å². The third-order valence-electron chi connectivity index (χ3n) is 6.79. The number of nitro groups is 1. The third kappa shape index (κ3) is 5.14. The van der Waals surface area contributed by atoms with Crippen molar-refractivity contribution < 1.29 is 9.72 Å². The van der Waals surface area contributed by atoms with Crippen LogP contribution < -0.4 is 0 Å². The summed E-state index contributed by atoms with van der Waals surface area (Å²) in [6, 6.07) is 18.4. The molecule has 9 heteroatoms. The number of carbonyl (C=O) groups excluding carboxylic acids is 1. The summed E-state index contributed by atoms with van der Waals surface area (Å²) in [7, 11) is 0. The molecule has 188 valence electrons. The first-order valence-corrected chi connectivity index (χ1v) is 12.9. The van der Waals surface area contributed by atoms with E-state index >= 15 is 0 Å². The molecule has 1 fully saturated rings. The van der Waals surface area contributed by atoms with Crippen molar-refractivity contribution in [2.75, 3.05) is 0 Å². The summed E-state index contributed by atoms with van der Waals surface area (Å²) in [4.78, 5) is 24.7. The minimum absolute atomic E-state index is 0.0362. The molecule has 37 heavy (non-hydrogen) atoms. The highest BCUT2D eigenvalue weighted by Gasteiger charge is 2.45. The van der Waals surface area contributed by atoms with Crippen molar-refractivity contribution in [1.82, 2.24) is 5.01 Å². The second-order valence-electron chi connectivity index (χ2n) is 9.43. The fourth-order valence-electron chi connectivity index (χ4n) is 5.12. The number of benzene rings is 3. The van der Waals surface area contributed by atoms with Gasteiger partial charge in [0.15, 0.2) is 0 Å². The van der Waals surface area contributed by atoms with Gasteiger partial charge < -0.3 is 0 Å². The minimum Gasteiger partial charge on any atom is -0.267 e. The fraction of sp³-hybridized carbons (Fsp3) is 0.214. The SMILES string of the molecule is CC1CC(=Cc2ccc(Cl)cc2)C2=NN(C(=O)c3cc([N+](=O)[O-])ccc3Cl)C(c3ccc(Cl)cc3)C2C1. The molecular formula is C28H22Cl3N3O3. The maximum absolute atomic E-state index is 13.9. The second-order valence-corrected chi connectivity index (χ2v) is 10.7. The summed E-state index contributed by atoms with van der Waals surface area (Å²) in [6.07, 6.45) is 3.73. The van der Waals surface area contributed by atoms with Crippen molar-refractivity contribution in [1.29, 1.82) is 0 Å². The average Bonchev–Trinajstić information content (AvgIpc) is 3.25. The van der Waals surface area contributed by atoms with Gasteiger partial charge in [0.05, 0.1) is 27.3 Å². The van der Waals surface area contributed by atoms with Gasteiger partial charge in [-0.1, -0.05) is 66.0 Å². The van der Waals surface area contributed by atoms with Crippen LogP contribution >= 0.6 is 34.8 Å². The van der Waals surface area contributed by atoms with Gasteiger partial charge in [0.1, 0.15) is 0 Å². The molecule has 1 aliphatic heterocycles. The molecule has 2 aliphatic rings. The maximum Gasteiger partial charge on any atom is 0.276 e. The summed E-state index contributed by atoms with van der Waals surface area (Å²) in [5.41, 5.74) is 3.58. The van der Waals surface area contributed by atoms with E-state index in [1.165, 1.54) is 23.2 Å². The van der Waals surface area contributed by atoms with Crippen LogP contribution in [0.15, 0.2) is 77.4 Å². The lowest BCUT2D eigenvalue weighted by atomic mass is 9.73. The number of carbonyl (C=O) groups is 1. The molecule has 3 aromatic carbocycles. The Bertz CT molecular complexity index is 1440. The Balaban J connectivity index is 1.62. The van der Waals surface area contributed by atoms with Gasteiger partial charge >= 0.3 is 0 Å². The van der Waals surface area contributed by atoms with Crippen LogP contribution in [0, 0.1) is 22.0 Å². The van der Waals surface area contributed by atoms with Crippen molar-refractivity contribution in [3.63, 3.8) is 0 Å². The third-order valence-corrected chi connectivity index (χ3v) is 7.62. The molecule has 3 unspecified atom stereocenters. The van der Waals surface area contributed by atoms with Crippen LogP contribution in [0.1, 0.15) is 47.3 Å². The van der Waals surface area contributed by atoms with E-state index in [1.54, 1.807) is 12.1 Å². The van der Waals surface area contributed by atoms with Crippen LogP contribution in [-0.4, -0.2) is 21.6 Å². The standard InChI is InChI=1S/C28H22Cl3N3O3/c1-16-12-19(14-17-2-6-20(29)7-3-17)26-24(13-16)27(18-4-8-21(30)9-5-18)33(32-26)28(35)23-15-22(34(36)37)10-11-25(23)31/h2-11,14-16,24,27H,12-13H2,1H3. The molecular weight excluding hydrogens is 533 g/mol. The van der Waals surface area contributed by atoms with E-state index in [4.69, 9.17) is 39.9 Å². The number of nitro benzene ring substituents is 1. The van der Waals surface area contributed by atoms with Crippen LogP contribution in [0.5, 0.6) is 0 Å². The van der Waals surface area contributed by atoms with Gasteiger partial charge in [-0.2, -0.15) is 5.10 Å². The number of hydrogen-bond donors (Lipinski definition) is 0. The highest BCUT2D eigenvalue weighted by atomic mass is 35.5. The number of hydrogen-bond acceptors (Lipinski definition) is 4. The summed E-state index contributed by atoms with van der Waals surface area (Å²) in [6.45, 7) is 2.19. The van der Waals surface area contributed by atoms with Gasteiger partial charge in [-0.05, 0) is 71.9 Å². The molecule has 3 atom stereocenters. The van der Waals surface area contributed by atoms with E-state index in [0.717, 1.165) is 35.3 Å². The van der Waals surface area contributed by atoms with Gasteiger partial charge in [0.2, 0.25) is 0 Å². The minimum atomic E-state index is -0.548. The van der Waals surface area contributed by atoms with Crippen molar-refractivity contribution in [2.45, 2.75) is 25.8 Å². The monoisotopic (exact) mass is 553 g/mol. The van der Waals surface area contributed by atoms with Crippen molar-refractivity contribution in [3.8, 4) is 0 Å². The van der Waals surface area contributed by atoms with Crippen molar-refractivity contribution in [2.24, 2.45) is 16.9 Å². The topological polar surface area (TPSA) is 75.8 Å². The Kier molecular flexibility index (Phi) is 7.08. The number of hydrazone groups is 1. The molecule has 0 radical (unpaired) electrons. The zero-order valence-corrected chi connectivity index (χ0v) is 22.0. The predicted molar refractivity (Wildman–Crippen MR) is 147 cm³/mol. The Labute approximate surface area is 229 Å². The van der Waals surface area contributed by atoms with E-state index in [9.17, 15) is 14.9 Å². The van der Waals surface area contributed by atoms with Gasteiger partial charge in [-0.15, -0.1) is 0 Å². The number of nitrogens with zero attached hydrogens (tertiary/aromatic N) is 3. The first kappa shape index (κ1) is 25.5. The molecule has 6 nitrogen and oxygen atoms in total. The number of amides is 1. The van der Waals surface area contributed by atoms with Crippen LogP contribution in [0.25, 0.3) is 6.08 Å². The molecule has 0 bridgehead atoms. The molecule has 1 saturated carbocycles. The lowest BCUT2D eigenvalue weighted by Gasteiger charge is -2.32. The van der Waals surface area contributed by atoms with E-state index in [-0.39, 0.29) is 22.2 Å². The molecule has 1 amide bonds. The Morgan fingerprint density at radius 1 is 1.03 bits per heavy atom. The number of fused-ring (bicyclic) bond motifs is 1. The molecule has 0 N–H and O–H groups in total. The smallest absolute Gasteiger partial charge is 0.267 e. The normalized spacial score (nSPS) is 22.1. The van der Waals surface area contributed by atoms with Crippen LogP contribution in [0.4, 0.5) is 5.69 Å².